The minimum Gasteiger partial charge on any atom is -0.378 e. The minimum atomic E-state index is -0.488. The number of amides is 1. The molecule has 1 amide bonds. The van der Waals surface area contributed by atoms with E-state index in [1.54, 1.807) is 6.07 Å². The standard InChI is InChI=1S/C15H13ClF2N2O/c1-9(21)20-12-4-5-13(17)15(7-12)19-8-10-2-3-11(16)6-14(10)18/h2-7,19H,8H2,1H3,(H,20,21). The summed E-state index contributed by atoms with van der Waals surface area (Å²) < 4.78 is 27.3. The Morgan fingerprint density at radius 2 is 1.90 bits per heavy atom. The van der Waals surface area contributed by atoms with E-state index in [-0.39, 0.29) is 18.1 Å². The third-order valence-electron chi connectivity index (χ3n) is 2.77. The predicted molar refractivity (Wildman–Crippen MR) is 79.4 cm³/mol. The van der Waals surface area contributed by atoms with Crippen LogP contribution in [0.5, 0.6) is 0 Å². The van der Waals surface area contributed by atoms with Crippen LogP contribution < -0.4 is 10.6 Å². The van der Waals surface area contributed by atoms with Crippen LogP contribution in [0.25, 0.3) is 0 Å². The van der Waals surface area contributed by atoms with E-state index in [1.165, 1.54) is 37.3 Å². The molecule has 0 fully saturated rings. The maximum atomic E-state index is 13.7. The summed E-state index contributed by atoms with van der Waals surface area (Å²) in [5.74, 6) is -1.21. The highest BCUT2D eigenvalue weighted by atomic mass is 35.5. The second-order valence-electron chi connectivity index (χ2n) is 4.47. The number of hydrogen-bond acceptors (Lipinski definition) is 2. The van der Waals surface area contributed by atoms with Crippen molar-refractivity contribution in [3.63, 3.8) is 0 Å². The molecule has 0 saturated carbocycles. The largest absolute Gasteiger partial charge is 0.378 e. The molecule has 110 valence electrons. The van der Waals surface area contributed by atoms with Crippen molar-refractivity contribution in [3.05, 3.63) is 58.6 Å². The van der Waals surface area contributed by atoms with Gasteiger partial charge in [-0.2, -0.15) is 0 Å². The summed E-state index contributed by atoms with van der Waals surface area (Å²) in [6, 6.07) is 8.41. The first kappa shape index (κ1) is 15.3. The van der Waals surface area contributed by atoms with Crippen LogP contribution in [0.15, 0.2) is 36.4 Å². The summed E-state index contributed by atoms with van der Waals surface area (Å²) in [6.45, 7) is 1.46. The average molecular weight is 311 g/mol. The molecule has 0 unspecified atom stereocenters. The molecule has 0 heterocycles. The molecule has 0 aromatic heterocycles. The van der Waals surface area contributed by atoms with E-state index in [4.69, 9.17) is 11.6 Å². The summed E-state index contributed by atoms with van der Waals surface area (Å²) in [4.78, 5) is 11.0. The number of halogens is 3. The molecule has 0 spiro atoms. The Morgan fingerprint density at radius 1 is 1.14 bits per heavy atom. The van der Waals surface area contributed by atoms with E-state index in [1.807, 2.05) is 0 Å². The van der Waals surface area contributed by atoms with Crippen molar-refractivity contribution in [2.45, 2.75) is 13.5 Å². The van der Waals surface area contributed by atoms with Crippen LogP contribution in [0.1, 0.15) is 12.5 Å². The molecule has 21 heavy (non-hydrogen) atoms. The van der Waals surface area contributed by atoms with Crippen molar-refractivity contribution in [2.24, 2.45) is 0 Å². The van der Waals surface area contributed by atoms with Gasteiger partial charge in [0.05, 0.1) is 5.69 Å². The molecular formula is C15H13ClF2N2O. The zero-order valence-corrected chi connectivity index (χ0v) is 12.0. The fourth-order valence-electron chi connectivity index (χ4n) is 1.80. The lowest BCUT2D eigenvalue weighted by atomic mass is 10.2. The molecule has 0 saturated heterocycles. The van der Waals surface area contributed by atoms with E-state index >= 15 is 0 Å². The SMILES string of the molecule is CC(=O)Nc1ccc(F)c(NCc2ccc(Cl)cc2F)c1. The van der Waals surface area contributed by atoms with Gasteiger partial charge in [0.25, 0.3) is 0 Å². The van der Waals surface area contributed by atoms with Gasteiger partial charge in [-0.15, -0.1) is 0 Å². The highest BCUT2D eigenvalue weighted by Crippen LogP contribution is 2.21. The highest BCUT2D eigenvalue weighted by Gasteiger charge is 2.07. The quantitative estimate of drug-likeness (QED) is 0.889. The Balaban J connectivity index is 2.13. The van der Waals surface area contributed by atoms with Crippen LogP contribution >= 0.6 is 11.6 Å². The monoisotopic (exact) mass is 310 g/mol. The fraction of sp³-hybridized carbons (Fsp3) is 0.133. The van der Waals surface area contributed by atoms with Crippen LogP contribution in [-0.2, 0) is 11.3 Å². The van der Waals surface area contributed by atoms with Crippen LogP contribution in [0.2, 0.25) is 5.02 Å². The first-order valence-electron chi connectivity index (χ1n) is 6.20. The van der Waals surface area contributed by atoms with Gasteiger partial charge in [0.2, 0.25) is 5.91 Å². The Kier molecular flexibility index (Phi) is 4.75. The molecule has 2 rings (SSSR count). The Hall–Kier alpha value is -2.14. The number of rotatable bonds is 4. The Morgan fingerprint density at radius 3 is 2.57 bits per heavy atom. The van der Waals surface area contributed by atoms with Crippen molar-refractivity contribution < 1.29 is 13.6 Å². The van der Waals surface area contributed by atoms with Gasteiger partial charge in [0.1, 0.15) is 11.6 Å². The van der Waals surface area contributed by atoms with Crippen molar-refractivity contribution >= 4 is 28.9 Å². The summed E-state index contributed by atoms with van der Waals surface area (Å²) in [7, 11) is 0. The molecule has 0 aliphatic rings. The molecule has 0 radical (unpaired) electrons. The molecule has 3 nitrogen and oxygen atoms in total. The number of anilines is 2. The van der Waals surface area contributed by atoms with E-state index in [0.717, 1.165) is 0 Å². The molecule has 0 atom stereocenters. The number of benzene rings is 2. The van der Waals surface area contributed by atoms with E-state index in [2.05, 4.69) is 10.6 Å². The van der Waals surface area contributed by atoms with Gasteiger partial charge in [-0.3, -0.25) is 4.79 Å². The van der Waals surface area contributed by atoms with Gasteiger partial charge < -0.3 is 10.6 Å². The molecule has 2 aromatic rings. The first-order chi connectivity index (χ1) is 9.95. The van der Waals surface area contributed by atoms with Crippen molar-refractivity contribution in [1.29, 1.82) is 0 Å². The zero-order valence-electron chi connectivity index (χ0n) is 11.2. The highest BCUT2D eigenvalue weighted by molar-refractivity contribution is 6.30. The lowest BCUT2D eigenvalue weighted by Crippen LogP contribution is -2.08. The third kappa shape index (κ3) is 4.16. The number of hydrogen-bond donors (Lipinski definition) is 2. The van der Waals surface area contributed by atoms with Crippen LogP contribution in [0, 0.1) is 11.6 Å². The van der Waals surface area contributed by atoms with Gasteiger partial charge in [-0.05, 0) is 30.3 Å². The summed E-state index contributed by atoms with van der Waals surface area (Å²) >= 11 is 5.67. The number of carbonyl (C=O) groups is 1. The molecule has 2 N–H and O–H groups in total. The summed E-state index contributed by atoms with van der Waals surface area (Å²) in [5.41, 5.74) is 1.00. The maximum Gasteiger partial charge on any atom is 0.221 e. The van der Waals surface area contributed by atoms with Gasteiger partial charge >= 0.3 is 0 Å². The smallest absolute Gasteiger partial charge is 0.221 e. The Bertz CT molecular complexity index is 677. The van der Waals surface area contributed by atoms with Crippen LogP contribution in [-0.4, -0.2) is 5.91 Å². The summed E-state index contributed by atoms with van der Waals surface area (Å²) in [5, 5.41) is 5.65. The van der Waals surface area contributed by atoms with Crippen LogP contribution in [0.3, 0.4) is 0 Å². The molecule has 6 heteroatoms. The summed E-state index contributed by atoms with van der Waals surface area (Å²) in [6.07, 6.45) is 0. The normalized spacial score (nSPS) is 10.3. The van der Waals surface area contributed by atoms with Gasteiger partial charge in [-0.25, -0.2) is 8.78 Å². The third-order valence-corrected chi connectivity index (χ3v) is 3.01. The van der Waals surface area contributed by atoms with Crippen molar-refractivity contribution in [3.8, 4) is 0 Å². The number of nitrogens with one attached hydrogen (secondary N) is 2. The Labute approximate surface area is 125 Å². The maximum absolute atomic E-state index is 13.7. The zero-order chi connectivity index (χ0) is 15.4. The van der Waals surface area contributed by atoms with E-state index in [0.29, 0.717) is 16.3 Å². The minimum absolute atomic E-state index is 0.101. The van der Waals surface area contributed by atoms with E-state index in [9.17, 15) is 13.6 Å². The molecular weight excluding hydrogens is 298 g/mol. The van der Waals surface area contributed by atoms with E-state index < -0.39 is 11.6 Å². The van der Waals surface area contributed by atoms with Crippen molar-refractivity contribution in [2.75, 3.05) is 10.6 Å². The van der Waals surface area contributed by atoms with Crippen molar-refractivity contribution in [1.82, 2.24) is 0 Å². The molecule has 2 aromatic carbocycles. The number of carbonyl (C=O) groups excluding carboxylic acids is 1. The lowest BCUT2D eigenvalue weighted by Gasteiger charge is -2.11. The molecule has 0 bridgehead atoms. The van der Waals surface area contributed by atoms with Gasteiger partial charge in [-0.1, -0.05) is 17.7 Å². The second-order valence-corrected chi connectivity index (χ2v) is 4.90. The average Bonchev–Trinajstić information content (AvgIpc) is 2.40. The molecule has 0 aliphatic heterocycles. The van der Waals surface area contributed by atoms with Crippen LogP contribution in [0.4, 0.5) is 20.2 Å². The lowest BCUT2D eigenvalue weighted by molar-refractivity contribution is -0.114. The predicted octanol–water partition coefficient (Wildman–Crippen LogP) is 4.19. The van der Waals surface area contributed by atoms with Gasteiger partial charge in [0.15, 0.2) is 0 Å². The first-order valence-corrected chi connectivity index (χ1v) is 6.58. The van der Waals surface area contributed by atoms with Gasteiger partial charge in [0, 0.05) is 29.7 Å². The topological polar surface area (TPSA) is 41.1 Å². The fourth-order valence-corrected chi connectivity index (χ4v) is 1.96. The second kappa shape index (κ2) is 6.54. The molecule has 0 aliphatic carbocycles.